The zero-order chi connectivity index (χ0) is 30.1. The minimum Gasteiger partial charge on any atom is -0.378 e. The minimum absolute atomic E-state index is 0.0454. The van der Waals surface area contributed by atoms with Crippen LogP contribution >= 0.6 is 0 Å². The Labute approximate surface area is 249 Å². The zero-order valence-corrected chi connectivity index (χ0v) is 24.4. The number of urea groups is 1. The normalized spacial score (nSPS) is 15.2. The van der Waals surface area contributed by atoms with Crippen LogP contribution < -0.4 is 20.7 Å². The van der Waals surface area contributed by atoms with E-state index in [1.54, 1.807) is 58.4 Å². The summed E-state index contributed by atoms with van der Waals surface area (Å²) in [5, 5.41) is 3.13. The van der Waals surface area contributed by atoms with Gasteiger partial charge in [0.15, 0.2) is 5.82 Å². The van der Waals surface area contributed by atoms with Crippen LogP contribution in [0.5, 0.6) is 0 Å². The molecule has 11 nitrogen and oxygen atoms in total. The van der Waals surface area contributed by atoms with Crippen molar-refractivity contribution in [1.29, 1.82) is 0 Å². The molecule has 2 aromatic carbocycles. The fraction of sp³-hybridized carbons (Fsp3) is 0.281. The van der Waals surface area contributed by atoms with Crippen molar-refractivity contribution in [3.63, 3.8) is 0 Å². The summed E-state index contributed by atoms with van der Waals surface area (Å²) in [6.07, 6.45) is 3.45. The van der Waals surface area contributed by atoms with Gasteiger partial charge in [-0.25, -0.2) is 14.8 Å². The van der Waals surface area contributed by atoms with Crippen molar-refractivity contribution >= 4 is 34.9 Å². The van der Waals surface area contributed by atoms with Crippen LogP contribution in [0.4, 0.5) is 27.8 Å². The van der Waals surface area contributed by atoms with Crippen molar-refractivity contribution in [2.75, 3.05) is 54.5 Å². The van der Waals surface area contributed by atoms with Gasteiger partial charge in [0.05, 0.1) is 18.9 Å². The molecule has 2 aliphatic rings. The van der Waals surface area contributed by atoms with E-state index in [1.165, 1.54) is 4.57 Å². The van der Waals surface area contributed by atoms with Gasteiger partial charge in [-0.15, -0.1) is 0 Å². The van der Waals surface area contributed by atoms with Gasteiger partial charge in [0.2, 0.25) is 0 Å². The lowest BCUT2D eigenvalue weighted by Gasteiger charge is -2.26. The first-order valence-corrected chi connectivity index (χ1v) is 14.2. The molecule has 4 heterocycles. The monoisotopic (exact) mass is 579 g/mol. The number of aromatic nitrogens is 3. The number of amides is 3. The Hall–Kier alpha value is -5.03. The predicted molar refractivity (Wildman–Crippen MR) is 165 cm³/mol. The second-order valence-electron chi connectivity index (χ2n) is 10.7. The molecule has 11 heteroatoms. The third-order valence-corrected chi connectivity index (χ3v) is 7.82. The summed E-state index contributed by atoms with van der Waals surface area (Å²) in [5.41, 5.74) is 5.00. The molecule has 4 aromatic rings. The van der Waals surface area contributed by atoms with Crippen molar-refractivity contribution in [2.24, 2.45) is 7.05 Å². The molecule has 2 aromatic heterocycles. The van der Waals surface area contributed by atoms with Gasteiger partial charge in [0.25, 0.3) is 11.5 Å². The number of nitrogens with zero attached hydrogens (tertiary/aromatic N) is 6. The molecule has 2 saturated heterocycles. The van der Waals surface area contributed by atoms with Gasteiger partial charge in [-0.3, -0.25) is 19.4 Å². The molecule has 220 valence electrons. The SMILES string of the molecule is Cc1ccc(N2CCN(c3cccc(-c4cn(C)c(=O)c(Nc5ccc(C(=O)N6CCOCC6)cc5)n4)c3C)C2=O)nc1. The Morgan fingerprint density at radius 2 is 1.65 bits per heavy atom. The first-order valence-electron chi connectivity index (χ1n) is 14.2. The van der Waals surface area contributed by atoms with Crippen molar-refractivity contribution in [1.82, 2.24) is 19.4 Å². The molecule has 0 radical (unpaired) electrons. The second-order valence-corrected chi connectivity index (χ2v) is 10.7. The summed E-state index contributed by atoms with van der Waals surface area (Å²) < 4.78 is 6.82. The number of ether oxygens (including phenoxy) is 1. The van der Waals surface area contributed by atoms with Gasteiger partial charge >= 0.3 is 6.03 Å². The predicted octanol–water partition coefficient (Wildman–Crippen LogP) is 4.12. The molecule has 2 fully saturated rings. The molecule has 0 saturated carbocycles. The number of morpholine rings is 1. The minimum atomic E-state index is -0.290. The third kappa shape index (κ3) is 5.59. The molecule has 43 heavy (non-hydrogen) atoms. The van der Waals surface area contributed by atoms with E-state index in [1.807, 2.05) is 44.2 Å². The lowest BCUT2D eigenvalue weighted by atomic mass is 10.0. The van der Waals surface area contributed by atoms with Gasteiger partial charge < -0.3 is 19.5 Å². The van der Waals surface area contributed by atoms with Gasteiger partial charge in [0.1, 0.15) is 5.82 Å². The molecule has 0 aliphatic carbocycles. The van der Waals surface area contributed by atoms with Crippen molar-refractivity contribution in [3.05, 3.63) is 94.0 Å². The maximum Gasteiger partial charge on any atom is 0.330 e. The summed E-state index contributed by atoms with van der Waals surface area (Å²) in [5.74, 6) is 0.739. The quantitative estimate of drug-likeness (QED) is 0.366. The first-order chi connectivity index (χ1) is 20.8. The highest BCUT2D eigenvalue weighted by Gasteiger charge is 2.32. The molecular weight excluding hydrogens is 546 g/mol. The van der Waals surface area contributed by atoms with E-state index in [2.05, 4.69) is 10.3 Å². The van der Waals surface area contributed by atoms with Gasteiger partial charge in [-0.1, -0.05) is 18.2 Å². The van der Waals surface area contributed by atoms with Crippen LogP contribution in [0.2, 0.25) is 0 Å². The number of benzene rings is 2. The number of pyridine rings is 1. The Bertz CT molecular complexity index is 1730. The topological polar surface area (TPSA) is 113 Å². The Morgan fingerprint density at radius 1 is 0.907 bits per heavy atom. The van der Waals surface area contributed by atoms with Crippen LogP contribution in [0.3, 0.4) is 0 Å². The maximum absolute atomic E-state index is 13.4. The Morgan fingerprint density at radius 3 is 2.37 bits per heavy atom. The van der Waals surface area contributed by atoms with E-state index in [0.29, 0.717) is 62.2 Å². The first kappa shape index (κ1) is 28.1. The highest BCUT2D eigenvalue weighted by molar-refractivity contribution is 6.06. The number of hydrogen-bond acceptors (Lipinski definition) is 7. The largest absolute Gasteiger partial charge is 0.378 e. The second kappa shape index (κ2) is 11.7. The molecule has 0 bridgehead atoms. The molecule has 0 spiro atoms. The molecule has 1 N–H and O–H groups in total. The third-order valence-electron chi connectivity index (χ3n) is 7.82. The van der Waals surface area contributed by atoms with Crippen molar-refractivity contribution in [2.45, 2.75) is 13.8 Å². The zero-order valence-electron chi connectivity index (χ0n) is 24.4. The van der Waals surface area contributed by atoms with Crippen LogP contribution in [0.15, 0.2) is 71.8 Å². The summed E-state index contributed by atoms with van der Waals surface area (Å²) >= 11 is 0. The van der Waals surface area contributed by atoms with Crippen molar-refractivity contribution in [3.8, 4) is 11.3 Å². The highest BCUT2D eigenvalue weighted by Crippen LogP contribution is 2.33. The number of hydrogen-bond donors (Lipinski definition) is 1. The number of carbonyl (C=O) groups excluding carboxylic acids is 2. The average molecular weight is 580 g/mol. The highest BCUT2D eigenvalue weighted by atomic mass is 16.5. The van der Waals surface area contributed by atoms with Gasteiger partial charge in [-0.2, -0.15) is 0 Å². The Kier molecular flexibility index (Phi) is 7.64. The average Bonchev–Trinajstić information content (AvgIpc) is 3.41. The van der Waals surface area contributed by atoms with Crippen LogP contribution in [0.25, 0.3) is 11.3 Å². The fourth-order valence-electron chi connectivity index (χ4n) is 5.39. The summed E-state index contributed by atoms with van der Waals surface area (Å²) in [6, 6.07) is 16.4. The summed E-state index contributed by atoms with van der Waals surface area (Å²) in [6.45, 7) is 7.18. The molecule has 6 rings (SSSR count). The van der Waals surface area contributed by atoms with E-state index in [9.17, 15) is 14.4 Å². The van der Waals surface area contributed by atoms with Crippen LogP contribution in [-0.2, 0) is 11.8 Å². The van der Waals surface area contributed by atoms with E-state index in [-0.39, 0.29) is 23.3 Å². The van der Waals surface area contributed by atoms with E-state index in [4.69, 9.17) is 9.72 Å². The summed E-state index contributed by atoms with van der Waals surface area (Å²) in [4.78, 5) is 53.6. The molecule has 0 unspecified atom stereocenters. The van der Waals surface area contributed by atoms with Crippen molar-refractivity contribution < 1.29 is 14.3 Å². The summed E-state index contributed by atoms with van der Waals surface area (Å²) in [7, 11) is 1.68. The number of carbonyl (C=O) groups is 2. The number of rotatable bonds is 6. The number of nitrogens with one attached hydrogen (secondary N) is 1. The Balaban J connectivity index is 1.24. The molecule has 2 aliphatic heterocycles. The van der Waals surface area contributed by atoms with Gasteiger partial charge in [-0.05, 0) is 61.4 Å². The maximum atomic E-state index is 13.4. The number of aryl methyl sites for hydroxylation is 2. The standard InChI is InChI=1S/C32H33N7O4/c1-21-7-12-28(33-19-21)39-14-13-38(32(39)42)27-6-4-5-25(22(27)2)26-20-36(3)31(41)29(35-26)34-24-10-8-23(9-11-24)30(40)37-15-17-43-18-16-37/h4-12,19-20H,13-18H2,1-3H3,(H,34,35). The lowest BCUT2D eigenvalue weighted by molar-refractivity contribution is 0.0303. The van der Waals surface area contributed by atoms with Crippen LogP contribution in [0, 0.1) is 13.8 Å². The van der Waals surface area contributed by atoms with E-state index in [0.717, 1.165) is 22.4 Å². The van der Waals surface area contributed by atoms with Crippen LogP contribution in [-0.4, -0.2) is 70.8 Å². The smallest absolute Gasteiger partial charge is 0.330 e. The number of anilines is 4. The lowest BCUT2D eigenvalue weighted by Crippen LogP contribution is -2.40. The molecule has 3 amide bonds. The van der Waals surface area contributed by atoms with Gasteiger partial charge in [0, 0.05) is 68.1 Å². The molecule has 0 atom stereocenters. The fourth-order valence-corrected chi connectivity index (χ4v) is 5.39. The van der Waals surface area contributed by atoms with Crippen LogP contribution in [0.1, 0.15) is 21.5 Å². The van der Waals surface area contributed by atoms with E-state index < -0.39 is 0 Å². The molecular formula is C32H33N7O4. The van der Waals surface area contributed by atoms with E-state index >= 15 is 0 Å².